The smallest absolute Gasteiger partial charge is 0.252 e. The van der Waals surface area contributed by atoms with Gasteiger partial charge in [0.1, 0.15) is 0 Å². The largest absolute Gasteiger partial charge is 0.350 e. The van der Waals surface area contributed by atoms with E-state index in [0.717, 1.165) is 22.3 Å². The molecule has 3 rings (SSSR count). The molecule has 25 heavy (non-hydrogen) atoms. The Kier molecular flexibility index (Phi) is 4.81. The summed E-state index contributed by atoms with van der Waals surface area (Å²) >= 11 is 0. The molecule has 1 unspecified atom stereocenters. The van der Waals surface area contributed by atoms with Gasteiger partial charge in [-0.05, 0) is 32.4 Å². The van der Waals surface area contributed by atoms with Crippen LogP contribution in [0.3, 0.4) is 0 Å². The van der Waals surface area contributed by atoms with Gasteiger partial charge in [-0.15, -0.1) is 0 Å². The summed E-state index contributed by atoms with van der Waals surface area (Å²) in [5.41, 5.74) is 9.25. The van der Waals surface area contributed by atoms with Gasteiger partial charge < -0.3 is 11.1 Å². The lowest BCUT2D eigenvalue weighted by Crippen LogP contribution is -2.32. The quantitative estimate of drug-likeness (QED) is 0.749. The number of hydrogen-bond acceptors (Lipinski definition) is 4. The first-order chi connectivity index (χ1) is 12.0. The maximum Gasteiger partial charge on any atom is 0.252 e. The summed E-state index contributed by atoms with van der Waals surface area (Å²) in [6.07, 6.45) is 1.70. The molecule has 0 aliphatic rings. The van der Waals surface area contributed by atoms with E-state index >= 15 is 0 Å². The van der Waals surface area contributed by atoms with Crippen LogP contribution in [0.15, 0.2) is 42.6 Å². The van der Waals surface area contributed by atoms with Crippen molar-refractivity contribution in [1.82, 2.24) is 20.1 Å². The van der Waals surface area contributed by atoms with E-state index in [2.05, 4.69) is 15.4 Å². The summed E-state index contributed by atoms with van der Waals surface area (Å²) in [5.74, 6) is -0.162. The molecule has 1 amide bonds. The van der Waals surface area contributed by atoms with Gasteiger partial charge in [-0.1, -0.05) is 30.3 Å². The van der Waals surface area contributed by atoms with Crippen molar-refractivity contribution in [2.24, 2.45) is 5.73 Å². The Bertz CT molecular complexity index is 885. The molecule has 0 spiro atoms. The highest BCUT2D eigenvalue weighted by molar-refractivity contribution is 6.05. The van der Waals surface area contributed by atoms with Crippen LogP contribution in [0.5, 0.6) is 0 Å². The number of hydrogen-bond donors (Lipinski definition) is 2. The van der Waals surface area contributed by atoms with Crippen LogP contribution in [-0.2, 0) is 0 Å². The van der Waals surface area contributed by atoms with E-state index in [4.69, 9.17) is 5.73 Å². The number of pyridine rings is 1. The molecule has 3 aromatic rings. The summed E-state index contributed by atoms with van der Waals surface area (Å²) in [4.78, 5) is 17.2. The summed E-state index contributed by atoms with van der Waals surface area (Å²) < 4.78 is 1.83. The molecule has 2 heterocycles. The minimum atomic E-state index is -0.248. The van der Waals surface area contributed by atoms with E-state index in [1.54, 1.807) is 12.3 Å². The second kappa shape index (κ2) is 7.03. The number of nitrogens with zero attached hydrogens (tertiary/aromatic N) is 3. The molecule has 0 bridgehead atoms. The molecule has 0 aliphatic heterocycles. The number of rotatable bonds is 5. The molecule has 0 fully saturated rings. The predicted molar refractivity (Wildman–Crippen MR) is 98.4 cm³/mol. The van der Waals surface area contributed by atoms with Crippen LogP contribution in [-0.4, -0.2) is 27.2 Å². The van der Waals surface area contributed by atoms with Crippen LogP contribution < -0.4 is 11.1 Å². The number of benzene rings is 1. The van der Waals surface area contributed by atoms with Gasteiger partial charge in [0, 0.05) is 24.3 Å². The first kappa shape index (κ1) is 17.1. The molecule has 0 radical (unpaired) electrons. The Morgan fingerprint density at radius 3 is 2.68 bits per heavy atom. The lowest BCUT2D eigenvalue weighted by molar-refractivity contribution is 0.0952. The number of aromatic nitrogens is 3. The lowest BCUT2D eigenvalue weighted by atomic mass is 10.1. The van der Waals surface area contributed by atoms with E-state index in [0.29, 0.717) is 12.1 Å². The van der Waals surface area contributed by atoms with E-state index in [-0.39, 0.29) is 18.0 Å². The molecule has 0 saturated heterocycles. The van der Waals surface area contributed by atoms with E-state index in [1.165, 1.54) is 0 Å². The van der Waals surface area contributed by atoms with Gasteiger partial charge in [0.25, 0.3) is 5.91 Å². The van der Waals surface area contributed by atoms with E-state index in [9.17, 15) is 4.79 Å². The highest BCUT2D eigenvalue weighted by atomic mass is 16.1. The molecule has 0 aliphatic carbocycles. The summed E-state index contributed by atoms with van der Waals surface area (Å²) in [6.45, 7) is 6.32. The Morgan fingerprint density at radius 1 is 1.28 bits per heavy atom. The van der Waals surface area contributed by atoms with Crippen LogP contribution in [0.1, 0.15) is 47.5 Å². The second-order valence-electron chi connectivity index (χ2n) is 6.46. The van der Waals surface area contributed by atoms with Gasteiger partial charge in [0.15, 0.2) is 5.65 Å². The van der Waals surface area contributed by atoms with Gasteiger partial charge in [-0.2, -0.15) is 5.10 Å². The van der Waals surface area contributed by atoms with Gasteiger partial charge in [0.2, 0.25) is 0 Å². The van der Waals surface area contributed by atoms with Crippen LogP contribution >= 0.6 is 0 Å². The zero-order valence-electron chi connectivity index (χ0n) is 14.7. The number of amides is 1. The molecule has 6 nitrogen and oxygen atoms in total. The third-order valence-electron chi connectivity index (χ3n) is 4.14. The number of nitrogens with one attached hydrogen (secondary N) is 1. The maximum absolute atomic E-state index is 12.7. The number of nitrogens with two attached hydrogens (primary N) is 1. The third-order valence-corrected chi connectivity index (χ3v) is 4.14. The molecule has 1 atom stereocenters. The fraction of sp³-hybridized carbons (Fsp3) is 0.316. The van der Waals surface area contributed by atoms with Crippen molar-refractivity contribution in [2.75, 3.05) is 6.54 Å². The van der Waals surface area contributed by atoms with Crippen molar-refractivity contribution in [2.45, 2.75) is 32.9 Å². The van der Waals surface area contributed by atoms with Crippen molar-refractivity contribution < 1.29 is 4.79 Å². The zero-order valence-corrected chi connectivity index (χ0v) is 14.7. The molecule has 3 N–H and O–H groups in total. The Balaban J connectivity index is 1.83. The first-order valence-corrected chi connectivity index (χ1v) is 8.41. The highest BCUT2D eigenvalue weighted by Crippen LogP contribution is 2.21. The normalized spacial score (nSPS) is 12.5. The average molecular weight is 337 g/mol. The fourth-order valence-corrected chi connectivity index (χ4v) is 2.82. The predicted octanol–water partition coefficient (Wildman–Crippen LogP) is 2.75. The fourth-order valence-electron chi connectivity index (χ4n) is 2.82. The number of aryl methyl sites for hydroxylation is 1. The van der Waals surface area contributed by atoms with Gasteiger partial charge in [-0.25, -0.2) is 9.67 Å². The number of fused-ring (bicyclic) bond motifs is 1. The van der Waals surface area contributed by atoms with Crippen LogP contribution in [0.2, 0.25) is 0 Å². The van der Waals surface area contributed by atoms with Gasteiger partial charge in [-0.3, -0.25) is 4.79 Å². The molecule has 6 heteroatoms. The van der Waals surface area contributed by atoms with Crippen LogP contribution in [0, 0.1) is 6.92 Å². The lowest BCUT2D eigenvalue weighted by Gasteiger charge is -2.14. The summed E-state index contributed by atoms with van der Waals surface area (Å²) in [5, 5.41) is 8.05. The van der Waals surface area contributed by atoms with Gasteiger partial charge in [0.05, 0.1) is 17.1 Å². The standard InChI is InChI=1S/C19H23N5O/c1-12(2)24-18-16(10-22-24)15(9-13(3)23-18)19(25)21-11-17(20)14-7-5-4-6-8-14/h4-10,12,17H,11,20H2,1-3H3,(H,21,25). The van der Waals surface area contributed by atoms with Gasteiger partial charge >= 0.3 is 0 Å². The molecule has 2 aromatic heterocycles. The summed E-state index contributed by atoms with van der Waals surface area (Å²) in [7, 11) is 0. The number of carbonyl (C=O) groups is 1. The third kappa shape index (κ3) is 3.53. The second-order valence-corrected chi connectivity index (χ2v) is 6.46. The topological polar surface area (TPSA) is 85.8 Å². The van der Waals surface area contributed by atoms with Crippen molar-refractivity contribution in [1.29, 1.82) is 0 Å². The molecular weight excluding hydrogens is 314 g/mol. The maximum atomic E-state index is 12.7. The summed E-state index contributed by atoms with van der Waals surface area (Å²) in [6, 6.07) is 11.4. The average Bonchev–Trinajstić information content (AvgIpc) is 3.03. The van der Waals surface area contributed by atoms with Crippen molar-refractivity contribution in [3.63, 3.8) is 0 Å². The zero-order chi connectivity index (χ0) is 18.0. The van der Waals surface area contributed by atoms with Crippen molar-refractivity contribution in [3.8, 4) is 0 Å². The monoisotopic (exact) mass is 337 g/mol. The van der Waals surface area contributed by atoms with Crippen molar-refractivity contribution >= 4 is 16.9 Å². The van der Waals surface area contributed by atoms with E-state index in [1.807, 2.05) is 55.8 Å². The number of carbonyl (C=O) groups excluding carboxylic acids is 1. The Morgan fingerprint density at radius 2 is 2.00 bits per heavy atom. The SMILES string of the molecule is Cc1cc(C(=O)NCC(N)c2ccccc2)c2cnn(C(C)C)c2n1. The Hall–Kier alpha value is -2.73. The molecular formula is C19H23N5O. The molecule has 130 valence electrons. The van der Waals surface area contributed by atoms with Crippen LogP contribution in [0.4, 0.5) is 0 Å². The molecule has 0 saturated carbocycles. The first-order valence-electron chi connectivity index (χ1n) is 8.41. The minimum Gasteiger partial charge on any atom is -0.350 e. The van der Waals surface area contributed by atoms with E-state index < -0.39 is 0 Å². The highest BCUT2D eigenvalue weighted by Gasteiger charge is 2.17. The minimum absolute atomic E-state index is 0.162. The molecule has 1 aromatic carbocycles. The van der Waals surface area contributed by atoms with Crippen LogP contribution in [0.25, 0.3) is 11.0 Å². The Labute approximate surface area is 147 Å². The van der Waals surface area contributed by atoms with Crippen molar-refractivity contribution in [3.05, 3.63) is 59.4 Å².